The first-order chi connectivity index (χ1) is 14.6. The highest BCUT2D eigenvalue weighted by Gasteiger charge is 2.31. The molecule has 3 rings (SSSR count). The van der Waals surface area contributed by atoms with Crippen LogP contribution in [0.5, 0.6) is 11.5 Å². The van der Waals surface area contributed by atoms with Crippen molar-refractivity contribution in [3.63, 3.8) is 0 Å². The second-order valence-corrected chi connectivity index (χ2v) is 12.8. The molecule has 0 bridgehead atoms. The third-order valence-electron chi connectivity index (χ3n) is 6.20. The van der Waals surface area contributed by atoms with Gasteiger partial charge in [0.2, 0.25) is 0 Å². The van der Waals surface area contributed by atoms with Gasteiger partial charge in [-0.1, -0.05) is 76.9 Å². The monoisotopic (exact) mass is 450 g/mol. The fourth-order valence-electron chi connectivity index (χ4n) is 4.64. The minimum absolute atomic E-state index is 0.194. The van der Waals surface area contributed by atoms with Crippen molar-refractivity contribution in [1.29, 1.82) is 0 Å². The van der Waals surface area contributed by atoms with Gasteiger partial charge in [0.15, 0.2) is 0 Å². The lowest BCUT2D eigenvalue weighted by Crippen LogP contribution is -2.16. The third-order valence-corrected chi connectivity index (χ3v) is 7.18. The van der Waals surface area contributed by atoms with Crippen LogP contribution in [0.4, 0.5) is 0 Å². The number of aryl methyl sites for hydroxylation is 4. The maximum atomic E-state index is 11.6. The normalized spacial score (nSPS) is 12.6. The molecule has 0 radical (unpaired) electrons. The lowest BCUT2D eigenvalue weighted by molar-refractivity contribution is 0.431. The minimum atomic E-state index is -0.248. The summed E-state index contributed by atoms with van der Waals surface area (Å²) < 4.78 is 0. The summed E-state index contributed by atoms with van der Waals surface area (Å²) in [5.41, 5.74) is 6.57. The summed E-state index contributed by atoms with van der Waals surface area (Å²) in [6.45, 7) is 21.2. The van der Waals surface area contributed by atoms with Crippen molar-refractivity contribution < 1.29 is 10.2 Å². The van der Waals surface area contributed by atoms with E-state index in [1.165, 1.54) is 9.75 Å². The molecule has 32 heavy (non-hydrogen) atoms. The summed E-state index contributed by atoms with van der Waals surface area (Å²) in [7, 11) is 0. The van der Waals surface area contributed by atoms with E-state index in [2.05, 4.69) is 99.6 Å². The Morgan fingerprint density at radius 1 is 0.625 bits per heavy atom. The van der Waals surface area contributed by atoms with Crippen molar-refractivity contribution in [2.24, 2.45) is 0 Å². The summed E-state index contributed by atoms with van der Waals surface area (Å²) >= 11 is 1.76. The Balaban J connectivity index is 2.44. The van der Waals surface area contributed by atoms with E-state index in [1.807, 2.05) is 0 Å². The highest BCUT2D eigenvalue weighted by atomic mass is 32.1. The van der Waals surface area contributed by atoms with Crippen LogP contribution in [0, 0.1) is 27.7 Å². The number of phenols is 2. The van der Waals surface area contributed by atoms with Gasteiger partial charge in [-0.25, -0.2) is 0 Å². The lowest BCUT2D eigenvalue weighted by atomic mass is 9.76. The van der Waals surface area contributed by atoms with Gasteiger partial charge in [0, 0.05) is 26.8 Å². The SMILES string of the molecule is Cc1cc(C(c2cc(C)sc2C)c2cc(C)cc(C(C)(C)C)c2O)c(O)c(C(C)(C)C)c1. The van der Waals surface area contributed by atoms with Gasteiger partial charge in [0.25, 0.3) is 0 Å². The summed E-state index contributed by atoms with van der Waals surface area (Å²) in [5, 5.41) is 23.1. The van der Waals surface area contributed by atoms with Crippen molar-refractivity contribution in [3.8, 4) is 11.5 Å². The third kappa shape index (κ3) is 4.59. The first-order valence-electron chi connectivity index (χ1n) is 11.4. The fraction of sp³-hybridized carbons (Fsp3) is 0.448. The van der Waals surface area contributed by atoms with Crippen molar-refractivity contribution in [2.45, 2.75) is 86.0 Å². The molecule has 3 aromatic rings. The Hall–Kier alpha value is -2.26. The first kappa shape index (κ1) is 24.4. The largest absolute Gasteiger partial charge is 0.507 e. The van der Waals surface area contributed by atoms with Gasteiger partial charge in [-0.2, -0.15) is 0 Å². The van der Waals surface area contributed by atoms with Crippen LogP contribution in [0.1, 0.15) is 96.2 Å². The minimum Gasteiger partial charge on any atom is -0.507 e. The molecular weight excluding hydrogens is 412 g/mol. The van der Waals surface area contributed by atoms with Crippen LogP contribution in [0.3, 0.4) is 0 Å². The van der Waals surface area contributed by atoms with Gasteiger partial charge >= 0.3 is 0 Å². The smallest absolute Gasteiger partial charge is 0.123 e. The van der Waals surface area contributed by atoms with Crippen LogP contribution in [-0.2, 0) is 10.8 Å². The Bertz CT molecular complexity index is 1080. The zero-order chi connectivity index (χ0) is 24.2. The van der Waals surface area contributed by atoms with E-state index < -0.39 is 0 Å². The summed E-state index contributed by atoms with van der Waals surface area (Å²) in [6.07, 6.45) is 0. The topological polar surface area (TPSA) is 40.5 Å². The zero-order valence-electron chi connectivity index (χ0n) is 21.3. The van der Waals surface area contributed by atoms with Gasteiger partial charge in [-0.05, 0) is 61.3 Å². The van der Waals surface area contributed by atoms with Crippen LogP contribution in [-0.4, -0.2) is 10.2 Å². The van der Waals surface area contributed by atoms with Crippen molar-refractivity contribution >= 4 is 11.3 Å². The molecule has 0 aliphatic carbocycles. The Morgan fingerprint density at radius 2 is 1.03 bits per heavy atom. The maximum absolute atomic E-state index is 11.6. The molecule has 1 heterocycles. The van der Waals surface area contributed by atoms with Gasteiger partial charge in [-0.3, -0.25) is 0 Å². The molecule has 2 aromatic carbocycles. The Kier molecular flexibility index (Phi) is 6.30. The average Bonchev–Trinajstić information content (AvgIpc) is 2.96. The maximum Gasteiger partial charge on any atom is 0.123 e. The van der Waals surface area contributed by atoms with Gasteiger partial charge in [0.1, 0.15) is 11.5 Å². The van der Waals surface area contributed by atoms with E-state index in [0.29, 0.717) is 11.5 Å². The Labute approximate surface area is 198 Å². The van der Waals surface area contributed by atoms with Crippen molar-refractivity contribution in [3.05, 3.63) is 79.0 Å². The molecule has 1 aromatic heterocycles. The molecule has 0 fully saturated rings. The van der Waals surface area contributed by atoms with Crippen LogP contribution in [0.2, 0.25) is 0 Å². The molecule has 2 nitrogen and oxygen atoms in total. The average molecular weight is 451 g/mol. The number of benzene rings is 2. The standard InChI is InChI=1S/C29H38O2S/c1-16-11-21(26(30)23(13-16)28(5,6)7)25(20-15-18(3)32-19(20)4)22-12-17(2)14-24(27(22)31)29(8,9)10/h11-15,25,30-31H,1-10H3. The van der Waals surface area contributed by atoms with E-state index in [0.717, 1.165) is 38.9 Å². The zero-order valence-corrected chi connectivity index (χ0v) is 22.1. The molecule has 0 spiro atoms. The lowest BCUT2D eigenvalue weighted by Gasteiger charge is -2.29. The van der Waals surface area contributed by atoms with Gasteiger partial charge in [-0.15, -0.1) is 11.3 Å². The Morgan fingerprint density at radius 3 is 1.34 bits per heavy atom. The number of phenolic OH excluding ortho intramolecular Hbond substituents is 2. The van der Waals surface area contributed by atoms with E-state index in [4.69, 9.17) is 0 Å². The van der Waals surface area contributed by atoms with Gasteiger partial charge < -0.3 is 10.2 Å². The van der Waals surface area contributed by atoms with Crippen molar-refractivity contribution in [2.75, 3.05) is 0 Å². The molecule has 0 aliphatic heterocycles. The van der Waals surface area contributed by atoms with Crippen LogP contribution >= 0.6 is 11.3 Å². The number of hydrogen-bond acceptors (Lipinski definition) is 3. The van der Waals surface area contributed by atoms with Crippen LogP contribution in [0.25, 0.3) is 0 Å². The number of thiophene rings is 1. The molecule has 2 N–H and O–H groups in total. The molecule has 3 heteroatoms. The highest BCUT2D eigenvalue weighted by Crippen LogP contribution is 2.48. The quantitative estimate of drug-likeness (QED) is 0.422. The molecular formula is C29H38O2S. The molecule has 0 aliphatic rings. The summed E-state index contributed by atoms with van der Waals surface area (Å²) in [6, 6.07) is 10.5. The second-order valence-electron chi connectivity index (χ2n) is 11.3. The molecule has 0 unspecified atom stereocenters. The summed E-state index contributed by atoms with van der Waals surface area (Å²) in [5.74, 6) is 0.408. The predicted octanol–water partition coefficient (Wildman–Crippen LogP) is 8.17. The first-order valence-corrected chi connectivity index (χ1v) is 12.2. The number of rotatable bonds is 3. The number of hydrogen-bond donors (Lipinski definition) is 2. The number of aromatic hydroxyl groups is 2. The molecule has 0 saturated heterocycles. The molecule has 0 atom stereocenters. The van der Waals surface area contributed by atoms with E-state index in [-0.39, 0.29) is 16.7 Å². The van der Waals surface area contributed by atoms with Gasteiger partial charge in [0.05, 0.1) is 0 Å². The second kappa shape index (κ2) is 8.26. The fourth-order valence-corrected chi connectivity index (χ4v) is 5.60. The molecule has 172 valence electrons. The highest BCUT2D eigenvalue weighted by molar-refractivity contribution is 7.12. The van der Waals surface area contributed by atoms with Crippen LogP contribution in [0.15, 0.2) is 30.3 Å². The molecule has 0 amide bonds. The predicted molar refractivity (Wildman–Crippen MR) is 138 cm³/mol. The van der Waals surface area contributed by atoms with E-state index >= 15 is 0 Å². The molecule has 0 saturated carbocycles. The van der Waals surface area contributed by atoms with Crippen LogP contribution < -0.4 is 0 Å². The summed E-state index contributed by atoms with van der Waals surface area (Å²) in [4.78, 5) is 2.44. The van der Waals surface area contributed by atoms with Crippen molar-refractivity contribution in [1.82, 2.24) is 0 Å². The van der Waals surface area contributed by atoms with E-state index in [1.54, 1.807) is 11.3 Å². The van der Waals surface area contributed by atoms with E-state index in [9.17, 15) is 10.2 Å².